The first kappa shape index (κ1) is 16.2. The maximum atomic E-state index is 4.80. The maximum absolute atomic E-state index is 4.80. The van der Waals surface area contributed by atoms with E-state index < -0.39 is 0 Å². The van der Waals surface area contributed by atoms with Gasteiger partial charge < -0.3 is 9.88 Å². The summed E-state index contributed by atoms with van der Waals surface area (Å²) >= 11 is 0. The van der Waals surface area contributed by atoms with Crippen molar-refractivity contribution < 1.29 is 0 Å². The number of nitrogens with zero attached hydrogens (tertiary/aromatic N) is 2. The Kier molecular flexibility index (Phi) is 4.28. The second kappa shape index (κ2) is 6.89. The molecule has 0 saturated carbocycles. The van der Waals surface area contributed by atoms with Crippen LogP contribution in [-0.4, -0.2) is 24.1 Å². The van der Waals surface area contributed by atoms with E-state index >= 15 is 0 Å². The van der Waals surface area contributed by atoms with Crippen molar-refractivity contribution in [3.05, 3.63) is 95.8 Å². The lowest BCUT2D eigenvalue weighted by atomic mass is 10.0. The Labute approximate surface area is 153 Å². The highest BCUT2D eigenvalue weighted by Gasteiger charge is 2.10. The fourth-order valence-electron chi connectivity index (χ4n) is 3.02. The van der Waals surface area contributed by atoms with Crippen molar-refractivity contribution in [2.45, 2.75) is 0 Å². The summed E-state index contributed by atoms with van der Waals surface area (Å²) in [6, 6.07) is 27.1. The largest absolute Gasteiger partial charge is 0.378 e. The minimum absolute atomic E-state index is 0.883. The summed E-state index contributed by atoms with van der Waals surface area (Å²) in [4.78, 5) is 10.4. The summed E-state index contributed by atoms with van der Waals surface area (Å²) in [7, 11) is 4.10. The van der Waals surface area contributed by atoms with Crippen LogP contribution in [0.4, 0.5) is 5.69 Å². The van der Waals surface area contributed by atoms with Gasteiger partial charge in [0.25, 0.3) is 0 Å². The smallest absolute Gasteiger partial charge is 0.139 e. The Morgan fingerprint density at radius 1 is 0.846 bits per heavy atom. The summed E-state index contributed by atoms with van der Waals surface area (Å²) in [5, 5.41) is 0. The van der Waals surface area contributed by atoms with E-state index in [9.17, 15) is 0 Å². The number of benzene rings is 3. The van der Waals surface area contributed by atoms with Gasteiger partial charge in [-0.1, -0.05) is 54.6 Å². The van der Waals surface area contributed by atoms with Gasteiger partial charge in [-0.05, 0) is 41.5 Å². The van der Waals surface area contributed by atoms with E-state index in [-0.39, 0.29) is 0 Å². The standard InChI is InChI=1S/C23H21N3/c1-26(2)19-14-12-17(13-15-19)16-20(18-8-4-3-5-9-18)23-24-21-10-6-7-11-22(21)25-23/h3-16H,1-2H3,(H,24,25). The molecule has 0 atom stereocenters. The first-order valence-corrected chi connectivity index (χ1v) is 8.70. The van der Waals surface area contributed by atoms with Crippen LogP contribution in [-0.2, 0) is 0 Å². The van der Waals surface area contributed by atoms with Crippen molar-refractivity contribution in [1.29, 1.82) is 0 Å². The zero-order chi connectivity index (χ0) is 17.9. The molecular formula is C23H21N3. The van der Waals surface area contributed by atoms with Gasteiger partial charge in [0.05, 0.1) is 11.0 Å². The number of rotatable bonds is 4. The second-order valence-electron chi connectivity index (χ2n) is 6.51. The number of anilines is 1. The SMILES string of the molecule is CN(C)c1ccc(C=C(c2ccccc2)c2nc3ccccc3[nH]2)cc1. The van der Waals surface area contributed by atoms with Crippen LogP contribution >= 0.6 is 0 Å². The highest BCUT2D eigenvalue weighted by molar-refractivity contribution is 5.91. The molecule has 3 heteroatoms. The minimum Gasteiger partial charge on any atom is -0.378 e. The monoisotopic (exact) mass is 339 g/mol. The zero-order valence-corrected chi connectivity index (χ0v) is 15.0. The molecule has 1 aromatic heterocycles. The Hall–Kier alpha value is -3.33. The third-order valence-corrected chi connectivity index (χ3v) is 4.45. The van der Waals surface area contributed by atoms with Gasteiger partial charge in [-0.3, -0.25) is 0 Å². The van der Waals surface area contributed by atoms with Crippen molar-refractivity contribution in [1.82, 2.24) is 9.97 Å². The Morgan fingerprint density at radius 3 is 2.23 bits per heavy atom. The first-order valence-electron chi connectivity index (χ1n) is 8.70. The number of imidazole rings is 1. The lowest BCUT2D eigenvalue weighted by Gasteiger charge is -2.12. The number of hydrogen-bond acceptors (Lipinski definition) is 2. The van der Waals surface area contributed by atoms with E-state index in [1.165, 1.54) is 5.69 Å². The van der Waals surface area contributed by atoms with Crippen LogP contribution in [0.15, 0.2) is 78.9 Å². The number of H-pyrrole nitrogens is 1. The number of aromatic nitrogens is 2. The predicted molar refractivity (Wildman–Crippen MR) is 110 cm³/mol. The number of nitrogens with one attached hydrogen (secondary N) is 1. The fraction of sp³-hybridized carbons (Fsp3) is 0.0870. The van der Waals surface area contributed by atoms with E-state index in [4.69, 9.17) is 4.98 Å². The molecule has 0 bridgehead atoms. The van der Waals surface area contributed by atoms with Crippen molar-refractivity contribution >= 4 is 28.4 Å². The first-order chi connectivity index (χ1) is 12.7. The maximum Gasteiger partial charge on any atom is 0.139 e. The van der Waals surface area contributed by atoms with Gasteiger partial charge in [0.2, 0.25) is 0 Å². The number of fused-ring (bicyclic) bond motifs is 1. The number of hydrogen-bond donors (Lipinski definition) is 1. The summed E-state index contributed by atoms with van der Waals surface area (Å²) in [5.41, 5.74) is 6.59. The molecule has 26 heavy (non-hydrogen) atoms. The fourth-order valence-corrected chi connectivity index (χ4v) is 3.02. The molecule has 0 unspecified atom stereocenters. The molecule has 0 fully saturated rings. The lowest BCUT2D eigenvalue weighted by molar-refractivity contribution is 1.13. The molecule has 3 aromatic carbocycles. The Morgan fingerprint density at radius 2 is 1.54 bits per heavy atom. The van der Waals surface area contributed by atoms with E-state index in [1.807, 2.05) is 24.3 Å². The van der Waals surface area contributed by atoms with Crippen LogP contribution in [0, 0.1) is 0 Å². The van der Waals surface area contributed by atoms with Gasteiger partial charge in [-0.15, -0.1) is 0 Å². The van der Waals surface area contributed by atoms with Gasteiger partial charge in [-0.25, -0.2) is 4.98 Å². The Bertz CT molecular complexity index is 1010. The van der Waals surface area contributed by atoms with Crippen LogP contribution in [0.5, 0.6) is 0 Å². The van der Waals surface area contributed by atoms with Crippen LogP contribution < -0.4 is 4.90 Å². The summed E-state index contributed by atoms with van der Waals surface area (Å²) < 4.78 is 0. The van der Waals surface area contributed by atoms with Crippen molar-refractivity contribution in [2.24, 2.45) is 0 Å². The van der Waals surface area contributed by atoms with Crippen LogP contribution in [0.25, 0.3) is 22.7 Å². The Balaban J connectivity index is 1.83. The molecule has 1 N–H and O–H groups in total. The summed E-state index contributed by atoms with van der Waals surface area (Å²) in [6.07, 6.45) is 2.19. The average Bonchev–Trinajstić information content (AvgIpc) is 3.11. The van der Waals surface area contributed by atoms with Crippen molar-refractivity contribution in [3.8, 4) is 0 Å². The third-order valence-electron chi connectivity index (χ3n) is 4.45. The highest BCUT2D eigenvalue weighted by Crippen LogP contribution is 2.26. The van der Waals surface area contributed by atoms with Crippen molar-refractivity contribution in [2.75, 3.05) is 19.0 Å². The predicted octanol–water partition coefficient (Wildman–Crippen LogP) is 5.22. The molecule has 3 nitrogen and oxygen atoms in total. The van der Waals surface area contributed by atoms with Crippen LogP contribution in [0.2, 0.25) is 0 Å². The molecule has 4 rings (SSSR count). The molecule has 0 saturated heterocycles. The van der Waals surface area contributed by atoms with E-state index in [2.05, 4.69) is 84.7 Å². The van der Waals surface area contributed by atoms with Crippen LogP contribution in [0.1, 0.15) is 17.0 Å². The summed E-state index contributed by atoms with van der Waals surface area (Å²) in [6.45, 7) is 0. The minimum atomic E-state index is 0.883. The van der Waals surface area contributed by atoms with E-state index in [0.29, 0.717) is 0 Å². The van der Waals surface area contributed by atoms with Crippen molar-refractivity contribution in [3.63, 3.8) is 0 Å². The normalized spacial score (nSPS) is 11.7. The van der Waals surface area contributed by atoms with Gasteiger partial charge in [-0.2, -0.15) is 0 Å². The van der Waals surface area contributed by atoms with E-state index in [0.717, 1.165) is 33.6 Å². The second-order valence-corrected chi connectivity index (χ2v) is 6.51. The molecular weight excluding hydrogens is 318 g/mol. The molecule has 4 aromatic rings. The van der Waals surface area contributed by atoms with E-state index in [1.54, 1.807) is 0 Å². The number of aromatic amines is 1. The third kappa shape index (κ3) is 3.24. The molecule has 1 heterocycles. The topological polar surface area (TPSA) is 31.9 Å². The average molecular weight is 339 g/mol. The van der Waals surface area contributed by atoms with Crippen LogP contribution in [0.3, 0.4) is 0 Å². The summed E-state index contributed by atoms with van der Waals surface area (Å²) in [5.74, 6) is 0.883. The molecule has 0 aliphatic carbocycles. The molecule has 0 spiro atoms. The molecule has 0 aliphatic heterocycles. The molecule has 0 radical (unpaired) electrons. The number of para-hydroxylation sites is 2. The lowest BCUT2D eigenvalue weighted by Crippen LogP contribution is -2.07. The molecule has 0 amide bonds. The highest BCUT2D eigenvalue weighted by atomic mass is 15.1. The molecule has 0 aliphatic rings. The van der Waals surface area contributed by atoms with Gasteiger partial charge >= 0.3 is 0 Å². The molecule has 128 valence electrons. The quantitative estimate of drug-likeness (QED) is 0.517. The zero-order valence-electron chi connectivity index (χ0n) is 15.0. The van der Waals surface area contributed by atoms with Gasteiger partial charge in [0.1, 0.15) is 5.82 Å². The van der Waals surface area contributed by atoms with Gasteiger partial charge in [0.15, 0.2) is 0 Å². The van der Waals surface area contributed by atoms with Gasteiger partial charge in [0, 0.05) is 25.4 Å².